The van der Waals surface area contributed by atoms with Crippen molar-refractivity contribution in [2.24, 2.45) is 0 Å². The molecule has 0 bridgehead atoms. The minimum Gasteiger partial charge on any atom is -0.462 e. The van der Waals surface area contributed by atoms with Crippen LogP contribution in [0.25, 0.3) is 0 Å². The van der Waals surface area contributed by atoms with E-state index in [2.05, 4.69) is 57.2 Å². The molecule has 0 rings (SSSR count). The van der Waals surface area contributed by atoms with Gasteiger partial charge < -0.3 is 14.2 Å². The minimum atomic E-state index is -0.778. The van der Waals surface area contributed by atoms with E-state index in [9.17, 15) is 14.4 Å². The van der Waals surface area contributed by atoms with Crippen molar-refractivity contribution < 1.29 is 28.6 Å². The van der Waals surface area contributed by atoms with Gasteiger partial charge in [0.15, 0.2) is 6.10 Å². The van der Waals surface area contributed by atoms with E-state index in [-0.39, 0.29) is 31.1 Å². The Labute approximate surface area is 353 Å². The van der Waals surface area contributed by atoms with Crippen LogP contribution in [0.2, 0.25) is 0 Å². The number of ether oxygens (including phenoxy) is 3. The molecule has 6 heteroatoms. The van der Waals surface area contributed by atoms with Gasteiger partial charge in [0.1, 0.15) is 13.2 Å². The molecular weight excluding hydrogens is 709 g/mol. The monoisotopic (exact) mass is 801 g/mol. The summed E-state index contributed by atoms with van der Waals surface area (Å²) in [6.45, 7) is 6.55. The van der Waals surface area contributed by atoms with Crippen molar-refractivity contribution in [3.63, 3.8) is 0 Å². The summed E-state index contributed by atoms with van der Waals surface area (Å²) in [5, 5.41) is 0. The molecule has 1 unspecified atom stereocenters. The van der Waals surface area contributed by atoms with Crippen LogP contribution >= 0.6 is 0 Å². The summed E-state index contributed by atoms with van der Waals surface area (Å²) >= 11 is 0. The second kappa shape index (κ2) is 46.3. The molecule has 0 amide bonds. The SMILES string of the molecule is CCCC/C=C\CCCCCCC(=O)OCC(COC(=O)CCCCCCCCC/C=C\CCCCCCCC)OC(=O)CCCCCCC/C=C\CCCCC. The predicted octanol–water partition coefficient (Wildman–Crippen LogP) is 15.8. The molecule has 0 fully saturated rings. The summed E-state index contributed by atoms with van der Waals surface area (Å²) < 4.78 is 16.7. The van der Waals surface area contributed by atoms with Gasteiger partial charge in [0.05, 0.1) is 0 Å². The fourth-order valence-corrected chi connectivity index (χ4v) is 6.82. The molecule has 0 saturated carbocycles. The first kappa shape index (κ1) is 54.6. The molecule has 0 N–H and O–H groups in total. The third-order valence-electron chi connectivity index (χ3n) is 10.6. The number of carbonyl (C=O) groups is 3. The highest BCUT2D eigenvalue weighted by Crippen LogP contribution is 2.14. The van der Waals surface area contributed by atoms with E-state index in [0.717, 1.165) is 89.9 Å². The smallest absolute Gasteiger partial charge is 0.306 e. The van der Waals surface area contributed by atoms with Crippen LogP contribution in [0.5, 0.6) is 0 Å². The van der Waals surface area contributed by atoms with E-state index in [4.69, 9.17) is 14.2 Å². The van der Waals surface area contributed by atoms with Crippen LogP contribution < -0.4 is 0 Å². The Morgan fingerprint density at radius 2 is 0.596 bits per heavy atom. The Balaban J connectivity index is 4.34. The molecule has 57 heavy (non-hydrogen) atoms. The number of hydrogen-bond acceptors (Lipinski definition) is 6. The Kier molecular flexibility index (Phi) is 44.4. The van der Waals surface area contributed by atoms with Crippen LogP contribution in [0.3, 0.4) is 0 Å². The summed E-state index contributed by atoms with van der Waals surface area (Å²) in [7, 11) is 0. The third-order valence-corrected chi connectivity index (χ3v) is 10.6. The van der Waals surface area contributed by atoms with Crippen LogP contribution in [-0.4, -0.2) is 37.2 Å². The molecule has 0 aliphatic rings. The number of esters is 3. The summed E-state index contributed by atoms with van der Waals surface area (Å²) in [4.78, 5) is 37.8. The quantitative estimate of drug-likeness (QED) is 0.0264. The Hall–Kier alpha value is -2.37. The lowest BCUT2D eigenvalue weighted by atomic mass is 10.1. The fraction of sp³-hybridized carbons (Fsp3) is 0.824. The summed E-state index contributed by atoms with van der Waals surface area (Å²) in [5.41, 5.74) is 0. The summed E-state index contributed by atoms with van der Waals surface area (Å²) in [6.07, 6.45) is 52.7. The maximum absolute atomic E-state index is 12.7. The average molecular weight is 801 g/mol. The number of rotatable bonds is 44. The number of unbranched alkanes of at least 4 members (excludes halogenated alkanes) is 27. The van der Waals surface area contributed by atoms with Crippen molar-refractivity contribution in [3.05, 3.63) is 36.5 Å². The zero-order valence-corrected chi connectivity index (χ0v) is 37.9. The van der Waals surface area contributed by atoms with Crippen LogP contribution in [0.1, 0.15) is 252 Å². The van der Waals surface area contributed by atoms with E-state index in [1.54, 1.807) is 0 Å². The predicted molar refractivity (Wildman–Crippen MR) is 242 cm³/mol. The van der Waals surface area contributed by atoms with E-state index < -0.39 is 6.10 Å². The van der Waals surface area contributed by atoms with Crippen molar-refractivity contribution in [1.82, 2.24) is 0 Å². The van der Waals surface area contributed by atoms with Gasteiger partial charge in [-0.1, -0.05) is 179 Å². The molecular formula is C51H92O6. The van der Waals surface area contributed by atoms with Gasteiger partial charge in [-0.2, -0.15) is 0 Å². The zero-order chi connectivity index (χ0) is 41.5. The normalized spacial score (nSPS) is 12.3. The van der Waals surface area contributed by atoms with E-state index in [0.29, 0.717) is 19.3 Å². The molecule has 0 aromatic rings. The number of carbonyl (C=O) groups excluding carboxylic acids is 3. The molecule has 0 aromatic heterocycles. The van der Waals surface area contributed by atoms with Crippen molar-refractivity contribution in [1.29, 1.82) is 0 Å². The zero-order valence-electron chi connectivity index (χ0n) is 37.9. The molecule has 0 saturated heterocycles. The Bertz CT molecular complexity index is 969. The van der Waals surface area contributed by atoms with Crippen molar-refractivity contribution in [2.75, 3.05) is 13.2 Å². The molecule has 0 radical (unpaired) electrons. The first-order valence-corrected chi connectivity index (χ1v) is 24.5. The van der Waals surface area contributed by atoms with Crippen molar-refractivity contribution in [2.45, 2.75) is 258 Å². The van der Waals surface area contributed by atoms with E-state index >= 15 is 0 Å². The highest BCUT2D eigenvalue weighted by Gasteiger charge is 2.19. The number of allylic oxidation sites excluding steroid dienone is 6. The lowest BCUT2D eigenvalue weighted by molar-refractivity contribution is -0.167. The van der Waals surface area contributed by atoms with E-state index in [1.165, 1.54) is 122 Å². The Morgan fingerprint density at radius 3 is 0.965 bits per heavy atom. The topological polar surface area (TPSA) is 78.9 Å². The van der Waals surface area contributed by atoms with Crippen LogP contribution in [-0.2, 0) is 28.6 Å². The molecule has 0 aliphatic carbocycles. The molecule has 6 nitrogen and oxygen atoms in total. The van der Waals surface area contributed by atoms with E-state index in [1.807, 2.05) is 0 Å². The van der Waals surface area contributed by atoms with Crippen LogP contribution in [0, 0.1) is 0 Å². The molecule has 0 spiro atoms. The second-order valence-electron chi connectivity index (χ2n) is 16.4. The molecule has 1 atom stereocenters. The molecule has 332 valence electrons. The molecule has 0 aliphatic heterocycles. The maximum Gasteiger partial charge on any atom is 0.306 e. The van der Waals surface area contributed by atoms with Crippen molar-refractivity contribution in [3.8, 4) is 0 Å². The largest absolute Gasteiger partial charge is 0.462 e. The van der Waals surface area contributed by atoms with Gasteiger partial charge in [-0.15, -0.1) is 0 Å². The third kappa shape index (κ3) is 44.6. The van der Waals surface area contributed by atoms with Gasteiger partial charge in [-0.05, 0) is 89.9 Å². The van der Waals surface area contributed by atoms with Gasteiger partial charge in [0, 0.05) is 19.3 Å². The average Bonchev–Trinajstić information content (AvgIpc) is 3.21. The molecule has 0 aromatic carbocycles. The van der Waals surface area contributed by atoms with Crippen LogP contribution in [0.15, 0.2) is 36.5 Å². The highest BCUT2D eigenvalue weighted by atomic mass is 16.6. The lowest BCUT2D eigenvalue weighted by Crippen LogP contribution is -2.30. The lowest BCUT2D eigenvalue weighted by Gasteiger charge is -2.18. The first-order chi connectivity index (χ1) is 28.0. The Morgan fingerprint density at radius 1 is 0.333 bits per heavy atom. The molecule has 0 heterocycles. The van der Waals surface area contributed by atoms with Gasteiger partial charge in [0.2, 0.25) is 0 Å². The van der Waals surface area contributed by atoms with Gasteiger partial charge >= 0.3 is 17.9 Å². The number of hydrogen-bond donors (Lipinski definition) is 0. The highest BCUT2D eigenvalue weighted by molar-refractivity contribution is 5.71. The standard InChI is InChI=1S/C51H92O6/c1-4-7-10-13-16-19-22-24-25-26-27-28-30-32-35-38-41-44-50(53)56-47-48(46-55-49(52)43-40-37-34-31-21-18-15-12-9-6-3)57-51(54)45-42-39-36-33-29-23-20-17-14-11-8-5-2/h15,17-18,20,24-25,48H,4-14,16,19,21-23,26-47H2,1-3H3/b18-15-,20-17-,25-24-. The maximum atomic E-state index is 12.7. The van der Waals surface area contributed by atoms with Gasteiger partial charge in [-0.3, -0.25) is 14.4 Å². The first-order valence-electron chi connectivity index (χ1n) is 24.5. The second-order valence-corrected chi connectivity index (χ2v) is 16.4. The summed E-state index contributed by atoms with van der Waals surface area (Å²) in [6, 6.07) is 0. The summed E-state index contributed by atoms with van der Waals surface area (Å²) in [5.74, 6) is -0.904. The van der Waals surface area contributed by atoms with Crippen LogP contribution in [0.4, 0.5) is 0 Å². The van der Waals surface area contributed by atoms with Gasteiger partial charge in [0.25, 0.3) is 0 Å². The fourth-order valence-electron chi connectivity index (χ4n) is 6.82. The van der Waals surface area contributed by atoms with Gasteiger partial charge in [-0.25, -0.2) is 0 Å². The minimum absolute atomic E-state index is 0.0804. The van der Waals surface area contributed by atoms with Crippen molar-refractivity contribution >= 4 is 17.9 Å².